The second-order valence-electron chi connectivity index (χ2n) is 8.51. The van der Waals surface area contributed by atoms with E-state index in [4.69, 9.17) is 15.2 Å². The van der Waals surface area contributed by atoms with Crippen LogP contribution in [0.2, 0.25) is 0 Å². The largest absolute Gasteiger partial charge is 0.459 e. The Balaban J connectivity index is 1.56. The van der Waals surface area contributed by atoms with E-state index in [9.17, 15) is 19.2 Å². The molecule has 35 heavy (non-hydrogen) atoms. The van der Waals surface area contributed by atoms with Crippen molar-refractivity contribution < 1.29 is 23.9 Å². The Bertz CT molecular complexity index is 1370. The monoisotopic (exact) mass is 518 g/mol. The lowest BCUT2D eigenvalue weighted by Gasteiger charge is -2.18. The quantitative estimate of drug-likeness (QED) is 0.344. The molecule has 10 nitrogen and oxygen atoms in total. The maximum Gasteiger partial charge on any atom is 0.348 e. The molecule has 3 N–H and O–H groups in total. The van der Waals surface area contributed by atoms with Crippen molar-refractivity contribution in [1.29, 1.82) is 0 Å². The lowest BCUT2D eigenvalue weighted by molar-refractivity contribution is -0.116. The minimum absolute atomic E-state index is 0.0964. The van der Waals surface area contributed by atoms with Crippen LogP contribution >= 0.6 is 22.7 Å². The number of carbonyl (C=O) groups is 3. The number of nitrogens with two attached hydrogens (primary N) is 1. The highest BCUT2D eigenvalue weighted by molar-refractivity contribution is 7.20. The number of anilines is 1. The molecule has 0 fully saturated rings. The molecule has 3 aromatic rings. The molecular formula is C23H26N4O6S2. The van der Waals surface area contributed by atoms with Gasteiger partial charge < -0.3 is 20.5 Å². The number of hydrogen-bond donors (Lipinski definition) is 2. The van der Waals surface area contributed by atoms with Gasteiger partial charge in [0.1, 0.15) is 27.9 Å². The van der Waals surface area contributed by atoms with Crippen molar-refractivity contribution in [1.82, 2.24) is 9.55 Å². The van der Waals surface area contributed by atoms with Gasteiger partial charge in [0.05, 0.1) is 23.9 Å². The molecular weight excluding hydrogens is 492 g/mol. The molecule has 1 unspecified atom stereocenters. The van der Waals surface area contributed by atoms with Gasteiger partial charge in [0, 0.05) is 12.0 Å². The van der Waals surface area contributed by atoms with Crippen LogP contribution in [-0.2, 0) is 33.7 Å². The van der Waals surface area contributed by atoms with E-state index in [2.05, 4.69) is 17.2 Å². The lowest BCUT2D eigenvalue weighted by atomic mass is 9.88. The zero-order valence-corrected chi connectivity index (χ0v) is 21.3. The van der Waals surface area contributed by atoms with E-state index in [1.165, 1.54) is 29.3 Å². The number of aryl methyl sites for hydroxylation is 1. The molecule has 2 amide bonds. The van der Waals surface area contributed by atoms with Gasteiger partial charge in [-0.15, -0.1) is 22.7 Å². The van der Waals surface area contributed by atoms with Crippen LogP contribution in [0.4, 0.5) is 5.00 Å². The standard InChI is InChI=1S/C23H26N4O6S2/c1-11-4-5-13-14(8-11)34-21(17(13)19(24)29)26-15(28)9-27-10-25-20-16(22(27)30)12(2)18(35-20)23(31)33-7-6-32-3/h10-11H,4-9H2,1-3H3,(H2,24,29)(H,26,28). The van der Waals surface area contributed by atoms with Gasteiger partial charge >= 0.3 is 5.97 Å². The first-order valence-corrected chi connectivity index (χ1v) is 12.7. The number of primary amides is 1. The average Bonchev–Trinajstić information content (AvgIpc) is 3.32. The molecule has 4 rings (SSSR count). The SMILES string of the molecule is COCCOC(=O)c1sc2ncn(CC(=O)Nc3sc4c(c3C(N)=O)CCC(C)C4)c(=O)c2c1C. The first kappa shape index (κ1) is 25.0. The number of nitrogens with zero attached hydrogens (tertiary/aromatic N) is 2. The van der Waals surface area contributed by atoms with Crippen LogP contribution < -0.4 is 16.6 Å². The molecule has 1 aliphatic rings. The summed E-state index contributed by atoms with van der Waals surface area (Å²) < 4.78 is 11.2. The summed E-state index contributed by atoms with van der Waals surface area (Å²) in [6, 6.07) is 0. The summed E-state index contributed by atoms with van der Waals surface area (Å²) in [5.74, 6) is -1.11. The van der Waals surface area contributed by atoms with E-state index in [0.717, 1.165) is 41.0 Å². The van der Waals surface area contributed by atoms with Crippen LogP contribution in [0.15, 0.2) is 11.1 Å². The minimum Gasteiger partial charge on any atom is -0.459 e. The third-order valence-electron chi connectivity index (χ3n) is 5.95. The van der Waals surface area contributed by atoms with Crippen molar-refractivity contribution in [2.24, 2.45) is 11.7 Å². The fourth-order valence-electron chi connectivity index (χ4n) is 4.17. The van der Waals surface area contributed by atoms with Crippen LogP contribution in [0.1, 0.15) is 49.4 Å². The maximum absolute atomic E-state index is 13.1. The fourth-order valence-corrected chi connectivity index (χ4v) is 6.64. The number of carbonyl (C=O) groups excluding carboxylic acids is 3. The Morgan fingerprint density at radius 2 is 2.06 bits per heavy atom. The summed E-state index contributed by atoms with van der Waals surface area (Å²) in [5.41, 5.74) is 6.91. The molecule has 0 bridgehead atoms. The third-order valence-corrected chi connectivity index (χ3v) is 8.30. The highest BCUT2D eigenvalue weighted by atomic mass is 32.1. The molecule has 0 spiro atoms. The molecule has 0 saturated heterocycles. The average molecular weight is 519 g/mol. The first-order chi connectivity index (χ1) is 16.7. The van der Waals surface area contributed by atoms with Crippen molar-refractivity contribution in [3.05, 3.63) is 43.1 Å². The Hall–Kier alpha value is -3.09. The molecule has 0 aromatic carbocycles. The number of aromatic nitrogens is 2. The van der Waals surface area contributed by atoms with Crippen LogP contribution in [0, 0.1) is 12.8 Å². The van der Waals surface area contributed by atoms with Gasteiger partial charge in [0.15, 0.2) is 0 Å². The summed E-state index contributed by atoms with van der Waals surface area (Å²) in [5, 5.41) is 3.44. The van der Waals surface area contributed by atoms with Crippen LogP contribution in [0.3, 0.4) is 0 Å². The van der Waals surface area contributed by atoms with Gasteiger partial charge in [0.2, 0.25) is 5.91 Å². The predicted octanol–water partition coefficient (Wildman–Crippen LogP) is 2.49. The zero-order valence-electron chi connectivity index (χ0n) is 19.6. The van der Waals surface area contributed by atoms with Crippen molar-refractivity contribution in [2.75, 3.05) is 25.6 Å². The molecule has 12 heteroatoms. The Morgan fingerprint density at radius 1 is 1.29 bits per heavy atom. The van der Waals surface area contributed by atoms with Crippen LogP contribution in [0.25, 0.3) is 10.2 Å². The summed E-state index contributed by atoms with van der Waals surface area (Å²) in [4.78, 5) is 56.4. The lowest BCUT2D eigenvalue weighted by Crippen LogP contribution is -2.28. The number of ether oxygens (including phenoxy) is 2. The van der Waals surface area contributed by atoms with Crippen molar-refractivity contribution >= 4 is 55.7 Å². The van der Waals surface area contributed by atoms with Gasteiger partial charge in [-0.25, -0.2) is 9.78 Å². The highest BCUT2D eigenvalue weighted by Crippen LogP contribution is 2.39. The predicted molar refractivity (Wildman–Crippen MR) is 133 cm³/mol. The highest BCUT2D eigenvalue weighted by Gasteiger charge is 2.27. The number of thiophene rings is 2. The van der Waals surface area contributed by atoms with E-state index in [1.54, 1.807) is 6.92 Å². The van der Waals surface area contributed by atoms with Gasteiger partial charge in [-0.3, -0.25) is 19.0 Å². The molecule has 1 atom stereocenters. The molecule has 0 saturated carbocycles. The minimum atomic E-state index is -0.577. The molecule has 186 valence electrons. The summed E-state index contributed by atoms with van der Waals surface area (Å²) in [7, 11) is 1.50. The third kappa shape index (κ3) is 5.00. The van der Waals surface area contributed by atoms with Crippen LogP contribution in [-0.4, -0.2) is 47.7 Å². The van der Waals surface area contributed by atoms with Crippen molar-refractivity contribution in [2.45, 2.75) is 39.7 Å². The van der Waals surface area contributed by atoms with Gasteiger partial charge in [-0.1, -0.05) is 6.92 Å². The number of fused-ring (bicyclic) bond motifs is 2. The van der Waals surface area contributed by atoms with Gasteiger partial charge in [0.25, 0.3) is 11.5 Å². The smallest absolute Gasteiger partial charge is 0.348 e. The van der Waals surface area contributed by atoms with E-state index in [1.807, 2.05) is 0 Å². The molecule has 1 aliphatic carbocycles. The Morgan fingerprint density at radius 3 is 2.77 bits per heavy atom. The fraction of sp³-hybridized carbons (Fsp3) is 0.435. The topological polar surface area (TPSA) is 143 Å². The van der Waals surface area contributed by atoms with E-state index < -0.39 is 23.3 Å². The normalized spacial score (nSPS) is 15.1. The molecule has 3 aromatic heterocycles. The summed E-state index contributed by atoms with van der Waals surface area (Å²) in [6.45, 7) is 3.85. The van der Waals surface area contributed by atoms with Crippen molar-refractivity contribution in [3.8, 4) is 0 Å². The van der Waals surface area contributed by atoms with Gasteiger partial charge in [-0.2, -0.15) is 0 Å². The zero-order chi connectivity index (χ0) is 25.3. The van der Waals surface area contributed by atoms with Crippen LogP contribution in [0.5, 0.6) is 0 Å². The molecule has 0 radical (unpaired) electrons. The number of nitrogens with one attached hydrogen (secondary N) is 1. The molecule has 0 aliphatic heterocycles. The van der Waals surface area contributed by atoms with E-state index in [0.29, 0.717) is 26.9 Å². The summed E-state index contributed by atoms with van der Waals surface area (Å²) >= 11 is 2.43. The Kier molecular flexibility index (Phi) is 7.33. The Labute approximate surface area is 209 Å². The second kappa shape index (κ2) is 10.3. The molecule has 3 heterocycles. The number of amides is 2. The van der Waals surface area contributed by atoms with Crippen molar-refractivity contribution in [3.63, 3.8) is 0 Å². The number of esters is 1. The van der Waals surface area contributed by atoms with Gasteiger partial charge in [-0.05, 0) is 43.2 Å². The number of hydrogen-bond acceptors (Lipinski definition) is 9. The summed E-state index contributed by atoms with van der Waals surface area (Å²) in [6.07, 6.45) is 3.81. The second-order valence-corrected chi connectivity index (χ2v) is 10.6. The maximum atomic E-state index is 13.1. The number of rotatable bonds is 8. The van der Waals surface area contributed by atoms with E-state index >= 15 is 0 Å². The van der Waals surface area contributed by atoms with E-state index in [-0.39, 0.29) is 30.0 Å². The first-order valence-electron chi connectivity index (χ1n) is 11.1. The number of methoxy groups -OCH3 is 1.